The first-order valence-electron chi connectivity index (χ1n) is 5.50. The van der Waals surface area contributed by atoms with Crippen molar-refractivity contribution in [3.8, 4) is 5.75 Å². The van der Waals surface area contributed by atoms with Crippen LogP contribution in [0, 0.1) is 0 Å². The molecule has 2 unspecified atom stereocenters. The summed E-state index contributed by atoms with van der Waals surface area (Å²) in [5, 5.41) is 4.61. The number of hydrogen-bond acceptors (Lipinski definition) is 2. The van der Waals surface area contributed by atoms with Gasteiger partial charge in [-0.05, 0) is 25.6 Å². The first-order valence-corrected chi connectivity index (χ1v) is 6.26. The van der Waals surface area contributed by atoms with Crippen LogP contribution in [0.5, 0.6) is 5.75 Å². The maximum atomic E-state index is 6.20. The van der Waals surface area contributed by atoms with Crippen LogP contribution in [0.15, 0.2) is 12.1 Å². The van der Waals surface area contributed by atoms with Crippen LogP contribution < -0.4 is 10.1 Å². The van der Waals surface area contributed by atoms with Gasteiger partial charge in [0.15, 0.2) is 0 Å². The second-order valence-electron chi connectivity index (χ2n) is 3.98. The molecule has 1 heterocycles. The van der Waals surface area contributed by atoms with Gasteiger partial charge in [0.25, 0.3) is 0 Å². The zero-order valence-electron chi connectivity index (χ0n) is 9.39. The molecule has 2 atom stereocenters. The molecular formula is C12H15Cl2NO. The highest BCUT2D eigenvalue weighted by molar-refractivity contribution is 6.35. The first kappa shape index (κ1) is 12.0. The summed E-state index contributed by atoms with van der Waals surface area (Å²) in [7, 11) is 1.92. The molecule has 0 amide bonds. The van der Waals surface area contributed by atoms with E-state index in [4.69, 9.17) is 27.9 Å². The van der Waals surface area contributed by atoms with Gasteiger partial charge < -0.3 is 10.1 Å². The van der Waals surface area contributed by atoms with Crippen molar-refractivity contribution in [2.75, 3.05) is 7.05 Å². The molecule has 0 bridgehead atoms. The van der Waals surface area contributed by atoms with Crippen molar-refractivity contribution in [1.29, 1.82) is 0 Å². The summed E-state index contributed by atoms with van der Waals surface area (Å²) in [6, 6.07) is 3.75. The van der Waals surface area contributed by atoms with Gasteiger partial charge in [-0.2, -0.15) is 0 Å². The Balaban J connectivity index is 2.42. The molecule has 1 N–H and O–H groups in total. The number of halogens is 2. The number of rotatable bonds is 3. The molecule has 1 aromatic carbocycles. The van der Waals surface area contributed by atoms with Gasteiger partial charge in [-0.3, -0.25) is 0 Å². The molecule has 0 aromatic heterocycles. The minimum atomic E-state index is 0.127. The van der Waals surface area contributed by atoms with Crippen LogP contribution in [0.1, 0.15) is 31.4 Å². The highest BCUT2D eigenvalue weighted by Crippen LogP contribution is 2.46. The topological polar surface area (TPSA) is 21.3 Å². The van der Waals surface area contributed by atoms with Crippen LogP contribution in [0.25, 0.3) is 0 Å². The van der Waals surface area contributed by atoms with Gasteiger partial charge in [0.1, 0.15) is 11.9 Å². The molecule has 0 saturated heterocycles. The Hall–Kier alpha value is -0.440. The van der Waals surface area contributed by atoms with Gasteiger partial charge >= 0.3 is 0 Å². The molecule has 4 heteroatoms. The Kier molecular flexibility index (Phi) is 3.63. The molecule has 2 rings (SSSR count). The van der Waals surface area contributed by atoms with Gasteiger partial charge in [-0.25, -0.2) is 0 Å². The van der Waals surface area contributed by atoms with Crippen LogP contribution >= 0.6 is 23.2 Å². The van der Waals surface area contributed by atoms with Crippen molar-refractivity contribution < 1.29 is 4.74 Å². The molecule has 2 nitrogen and oxygen atoms in total. The van der Waals surface area contributed by atoms with E-state index in [1.807, 2.05) is 13.1 Å². The Morgan fingerprint density at radius 2 is 2.00 bits per heavy atom. The van der Waals surface area contributed by atoms with Crippen molar-refractivity contribution in [1.82, 2.24) is 5.32 Å². The van der Waals surface area contributed by atoms with E-state index in [0.717, 1.165) is 29.2 Å². The van der Waals surface area contributed by atoms with E-state index in [1.165, 1.54) is 0 Å². The predicted molar refractivity (Wildman–Crippen MR) is 67.6 cm³/mol. The Morgan fingerprint density at radius 3 is 2.62 bits per heavy atom. The predicted octanol–water partition coefficient (Wildman–Crippen LogP) is 3.82. The molecule has 0 radical (unpaired) electrons. The van der Waals surface area contributed by atoms with Crippen molar-refractivity contribution in [2.45, 2.75) is 31.9 Å². The lowest BCUT2D eigenvalue weighted by Gasteiger charge is -2.17. The lowest BCUT2D eigenvalue weighted by Crippen LogP contribution is -2.28. The van der Waals surface area contributed by atoms with Crippen molar-refractivity contribution in [2.24, 2.45) is 0 Å². The smallest absolute Gasteiger partial charge is 0.144 e. The van der Waals surface area contributed by atoms with E-state index in [9.17, 15) is 0 Å². The molecule has 1 aliphatic heterocycles. The van der Waals surface area contributed by atoms with E-state index < -0.39 is 0 Å². The third-order valence-corrected chi connectivity index (χ3v) is 3.56. The van der Waals surface area contributed by atoms with E-state index in [-0.39, 0.29) is 12.1 Å². The number of fused-ring (bicyclic) bond motifs is 1. The second kappa shape index (κ2) is 4.82. The highest BCUT2D eigenvalue weighted by atomic mass is 35.5. The Bertz CT molecular complexity index is 395. The summed E-state index contributed by atoms with van der Waals surface area (Å²) in [6.45, 7) is 2.14. The van der Waals surface area contributed by atoms with Crippen molar-refractivity contribution in [3.63, 3.8) is 0 Å². The third-order valence-electron chi connectivity index (χ3n) is 2.93. The summed E-state index contributed by atoms with van der Waals surface area (Å²) in [5.74, 6) is 0.743. The molecule has 0 saturated carbocycles. The van der Waals surface area contributed by atoms with E-state index in [2.05, 4.69) is 12.2 Å². The van der Waals surface area contributed by atoms with Crippen LogP contribution in [-0.4, -0.2) is 13.2 Å². The average molecular weight is 260 g/mol. The zero-order chi connectivity index (χ0) is 11.7. The second-order valence-corrected chi connectivity index (χ2v) is 4.80. The highest BCUT2D eigenvalue weighted by Gasteiger charge is 2.35. The van der Waals surface area contributed by atoms with Crippen LogP contribution in [-0.2, 0) is 0 Å². The fourth-order valence-corrected chi connectivity index (χ4v) is 2.68. The zero-order valence-corrected chi connectivity index (χ0v) is 10.9. The maximum Gasteiger partial charge on any atom is 0.144 e. The van der Waals surface area contributed by atoms with Gasteiger partial charge in [-0.15, -0.1) is 0 Å². The lowest BCUT2D eigenvalue weighted by atomic mass is 10.0. The molecular weight excluding hydrogens is 245 g/mol. The van der Waals surface area contributed by atoms with Gasteiger partial charge in [0.2, 0.25) is 0 Å². The molecule has 16 heavy (non-hydrogen) atoms. The fraction of sp³-hybridized carbons (Fsp3) is 0.500. The number of likely N-dealkylation sites (N-methyl/N-ethyl adjacent to an activating group) is 1. The van der Waals surface area contributed by atoms with Crippen LogP contribution in [0.4, 0.5) is 0 Å². The Labute approximate surface area is 106 Å². The van der Waals surface area contributed by atoms with Gasteiger partial charge in [-0.1, -0.05) is 36.5 Å². The monoisotopic (exact) mass is 259 g/mol. The minimum Gasteiger partial charge on any atom is -0.486 e. The van der Waals surface area contributed by atoms with Crippen LogP contribution in [0.2, 0.25) is 10.0 Å². The fourth-order valence-electron chi connectivity index (χ4n) is 2.20. The van der Waals surface area contributed by atoms with E-state index in [0.29, 0.717) is 5.02 Å². The summed E-state index contributed by atoms with van der Waals surface area (Å²) >= 11 is 12.3. The Morgan fingerprint density at radius 1 is 1.31 bits per heavy atom. The molecule has 0 spiro atoms. The molecule has 1 aliphatic rings. The SMILES string of the molecule is CCCC1Oc2c(Cl)ccc(Cl)c2C1NC. The third kappa shape index (κ3) is 1.90. The summed E-state index contributed by atoms with van der Waals surface area (Å²) in [4.78, 5) is 0. The number of ether oxygens (including phenoxy) is 1. The molecule has 0 fully saturated rings. The average Bonchev–Trinajstić information content (AvgIpc) is 2.64. The maximum absolute atomic E-state index is 6.20. The van der Waals surface area contributed by atoms with E-state index in [1.54, 1.807) is 6.07 Å². The summed E-state index contributed by atoms with van der Waals surface area (Å²) in [6.07, 6.45) is 2.20. The quantitative estimate of drug-likeness (QED) is 0.892. The summed E-state index contributed by atoms with van der Waals surface area (Å²) in [5.41, 5.74) is 0.995. The van der Waals surface area contributed by atoms with Crippen molar-refractivity contribution in [3.05, 3.63) is 27.7 Å². The lowest BCUT2D eigenvalue weighted by molar-refractivity contribution is 0.182. The van der Waals surface area contributed by atoms with E-state index >= 15 is 0 Å². The van der Waals surface area contributed by atoms with Crippen molar-refractivity contribution >= 4 is 23.2 Å². The summed E-state index contributed by atoms with van der Waals surface area (Å²) < 4.78 is 5.88. The number of nitrogens with one attached hydrogen (secondary N) is 1. The van der Waals surface area contributed by atoms with Crippen LogP contribution in [0.3, 0.4) is 0 Å². The normalized spacial score (nSPS) is 23.0. The molecule has 1 aromatic rings. The number of benzene rings is 1. The largest absolute Gasteiger partial charge is 0.486 e. The first-order chi connectivity index (χ1) is 7.69. The standard InChI is InChI=1S/C12H15Cl2NO/c1-3-4-9-11(15-2)10-7(13)5-6-8(14)12(10)16-9/h5-6,9,11,15H,3-4H2,1-2H3. The van der Waals surface area contributed by atoms with Gasteiger partial charge in [0.05, 0.1) is 11.1 Å². The number of hydrogen-bond donors (Lipinski definition) is 1. The minimum absolute atomic E-state index is 0.127. The molecule has 88 valence electrons. The van der Waals surface area contributed by atoms with Gasteiger partial charge in [0, 0.05) is 10.6 Å². The molecule has 0 aliphatic carbocycles.